The van der Waals surface area contributed by atoms with Crippen LogP contribution in [0.25, 0.3) is 11.0 Å². The zero-order valence-electron chi connectivity index (χ0n) is 11.6. The molecule has 1 heterocycles. The third kappa shape index (κ3) is 2.50. The van der Waals surface area contributed by atoms with Gasteiger partial charge in [-0.2, -0.15) is 0 Å². The molecule has 0 aliphatic carbocycles. The van der Waals surface area contributed by atoms with Crippen molar-refractivity contribution in [3.63, 3.8) is 0 Å². The van der Waals surface area contributed by atoms with E-state index in [1.807, 2.05) is 12.1 Å². The van der Waals surface area contributed by atoms with Crippen LogP contribution in [0.15, 0.2) is 18.2 Å². The minimum Gasteiger partial charge on any atom is -0.399 e. The van der Waals surface area contributed by atoms with Gasteiger partial charge in [0.05, 0.1) is 11.0 Å². The van der Waals surface area contributed by atoms with Crippen LogP contribution in [-0.4, -0.2) is 9.55 Å². The number of benzene rings is 1. The van der Waals surface area contributed by atoms with Gasteiger partial charge in [0.2, 0.25) is 0 Å². The zero-order chi connectivity index (χ0) is 13.1. The first-order valence-electron chi connectivity index (χ1n) is 6.89. The predicted molar refractivity (Wildman–Crippen MR) is 77.8 cm³/mol. The molecule has 2 N–H and O–H groups in total. The Morgan fingerprint density at radius 2 is 2.06 bits per heavy atom. The van der Waals surface area contributed by atoms with Crippen LogP contribution in [0, 0.1) is 0 Å². The van der Waals surface area contributed by atoms with Crippen LogP contribution in [0.3, 0.4) is 0 Å². The Labute approximate surface area is 109 Å². The summed E-state index contributed by atoms with van der Waals surface area (Å²) in [5.41, 5.74) is 8.86. The molecule has 0 bridgehead atoms. The van der Waals surface area contributed by atoms with E-state index in [1.54, 1.807) is 0 Å². The smallest absolute Gasteiger partial charge is 0.112 e. The van der Waals surface area contributed by atoms with E-state index < -0.39 is 0 Å². The molecule has 0 saturated carbocycles. The highest BCUT2D eigenvalue weighted by Crippen LogP contribution is 2.24. The first kappa shape index (κ1) is 12.9. The number of nitrogen functional groups attached to an aromatic ring is 1. The summed E-state index contributed by atoms with van der Waals surface area (Å²) in [6.45, 7) is 7.68. The van der Waals surface area contributed by atoms with Crippen LogP contribution in [-0.2, 0) is 6.54 Å². The number of hydrogen-bond acceptors (Lipinski definition) is 2. The van der Waals surface area contributed by atoms with E-state index in [-0.39, 0.29) is 0 Å². The van der Waals surface area contributed by atoms with Crippen molar-refractivity contribution in [2.75, 3.05) is 5.73 Å². The third-order valence-electron chi connectivity index (χ3n) is 3.30. The van der Waals surface area contributed by atoms with Crippen LogP contribution in [0.1, 0.15) is 51.8 Å². The highest BCUT2D eigenvalue weighted by atomic mass is 15.1. The van der Waals surface area contributed by atoms with E-state index in [0.717, 1.165) is 17.7 Å². The minimum atomic E-state index is 0.445. The molecule has 3 nitrogen and oxygen atoms in total. The summed E-state index contributed by atoms with van der Waals surface area (Å²) in [6, 6.07) is 6.03. The lowest BCUT2D eigenvalue weighted by Gasteiger charge is -2.11. The molecule has 1 aromatic carbocycles. The van der Waals surface area contributed by atoms with Gasteiger partial charge < -0.3 is 10.3 Å². The maximum atomic E-state index is 5.83. The fourth-order valence-electron chi connectivity index (χ4n) is 2.36. The van der Waals surface area contributed by atoms with Gasteiger partial charge in [0.1, 0.15) is 5.82 Å². The van der Waals surface area contributed by atoms with Crippen molar-refractivity contribution in [1.82, 2.24) is 9.55 Å². The molecule has 0 aliphatic heterocycles. The number of hydrogen-bond donors (Lipinski definition) is 1. The molecule has 0 fully saturated rings. The second-order valence-corrected chi connectivity index (χ2v) is 5.23. The summed E-state index contributed by atoms with van der Waals surface area (Å²) >= 11 is 0. The largest absolute Gasteiger partial charge is 0.399 e. The Hall–Kier alpha value is -1.51. The number of nitrogens with two attached hydrogens (primary N) is 1. The first-order valence-corrected chi connectivity index (χ1v) is 6.89. The van der Waals surface area contributed by atoms with Gasteiger partial charge in [-0.25, -0.2) is 4.98 Å². The summed E-state index contributed by atoms with van der Waals surface area (Å²) in [5.74, 6) is 1.62. The normalized spacial score (nSPS) is 11.6. The van der Waals surface area contributed by atoms with Crippen molar-refractivity contribution in [3.05, 3.63) is 24.0 Å². The molecule has 0 aliphatic rings. The lowest BCUT2D eigenvalue weighted by atomic mass is 10.2. The van der Waals surface area contributed by atoms with Crippen molar-refractivity contribution >= 4 is 16.7 Å². The average molecular weight is 245 g/mol. The molecule has 0 unspecified atom stereocenters. The fourth-order valence-corrected chi connectivity index (χ4v) is 2.36. The minimum absolute atomic E-state index is 0.445. The number of aromatic nitrogens is 2. The third-order valence-corrected chi connectivity index (χ3v) is 3.30. The van der Waals surface area contributed by atoms with Crippen molar-refractivity contribution < 1.29 is 0 Å². The lowest BCUT2D eigenvalue weighted by molar-refractivity contribution is 0.576. The van der Waals surface area contributed by atoms with E-state index in [4.69, 9.17) is 10.7 Å². The van der Waals surface area contributed by atoms with Crippen LogP contribution in [0.4, 0.5) is 5.69 Å². The first-order chi connectivity index (χ1) is 8.63. The predicted octanol–water partition coefficient (Wildman–Crippen LogP) is 3.93. The van der Waals surface area contributed by atoms with Gasteiger partial charge in [0.25, 0.3) is 0 Å². The maximum Gasteiger partial charge on any atom is 0.112 e. The van der Waals surface area contributed by atoms with Crippen LogP contribution in [0.2, 0.25) is 0 Å². The number of rotatable bonds is 5. The number of aryl methyl sites for hydroxylation is 1. The van der Waals surface area contributed by atoms with E-state index >= 15 is 0 Å². The fraction of sp³-hybridized carbons (Fsp3) is 0.533. The molecule has 0 amide bonds. The Morgan fingerprint density at radius 1 is 1.28 bits per heavy atom. The number of fused-ring (bicyclic) bond motifs is 1. The molecule has 3 heteroatoms. The second kappa shape index (κ2) is 5.42. The molecule has 2 aromatic rings. The Morgan fingerprint density at radius 3 is 2.72 bits per heavy atom. The van der Waals surface area contributed by atoms with Gasteiger partial charge in [0, 0.05) is 18.2 Å². The highest BCUT2D eigenvalue weighted by Gasteiger charge is 2.13. The van der Waals surface area contributed by atoms with Gasteiger partial charge in [-0.05, 0) is 24.6 Å². The molecular formula is C15H23N3. The highest BCUT2D eigenvalue weighted by molar-refractivity contribution is 5.79. The van der Waals surface area contributed by atoms with Gasteiger partial charge in [0.15, 0.2) is 0 Å². The zero-order valence-corrected chi connectivity index (χ0v) is 11.6. The van der Waals surface area contributed by atoms with Gasteiger partial charge in [-0.1, -0.05) is 33.6 Å². The number of unbranched alkanes of at least 4 members (excludes halogenated alkanes) is 2. The molecule has 0 radical (unpaired) electrons. The SMILES string of the molecule is CCCCCn1c(C(C)C)nc2cc(N)ccc21. The second-order valence-electron chi connectivity index (χ2n) is 5.23. The molecule has 0 spiro atoms. The maximum absolute atomic E-state index is 5.83. The van der Waals surface area contributed by atoms with E-state index in [0.29, 0.717) is 5.92 Å². The number of imidazole rings is 1. The standard InChI is InChI=1S/C15H23N3/c1-4-5-6-9-18-14-8-7-12(16)10-13(14)17-15(18)11(2)3/h7-8,10-11H,4-6,9,16H2,1-3H3. The summed E-state index contributed by atoms with van der Waals surface area (Å²) in [4.78, 5) is 4.73. The lowest BCUT2D eigenvalue weighted by Crippen LogP contribution is -2.05. The van der Waals surface area contributed by atoms with E-state index in [9.17, 15) is 0 Å². The van der Waals surface area contributed by atoms with Crippen LogP contribution in [0.5, 0.6) is 0 Å². The van der Waals surface area contributed by atoms with Gasteiger partial charge in [-0.3, -0.25) is 0 Å². The Bertz CT molecular complexity index is 526. The molecule has 18 heavy (non-hydrogen) atoms. The summed E-state index contributed by atoms with van der Waals surface area (Å²) in [7, 11) is 0. The van der Waals surface area contributed by atoms with Crippen molar-refractivity contribution in [2.24, 2.45) is 0 Å². The average Bonchev–Trinajstić information content (AvgIpc) is 2.68. The quantitative estimate of drug-likeness (QED) is 0.640. The molecular weight excluding hydrogens is 222 g/mol. The number of anilines is 1. The topological polar surface area (TPSA) is 43.8 Å². The summed E-state index contributed by atoms with van der Waals surface area (Å²) < 4.78 is 2.36. The molecule has 0 atom stereocenters. The summed E-state index contributed by atoms with van der Waals surface area (Å²) in [6.07, 6.45) is 3.73. The van der Waals surface area contributed by atoms with Crippen LogP contribution >= 0.6 is 0 Å². The number of nitrogens with zero attached hydrogens (tertiary/aromatic N) is 2. The van der Waals surface area contributed by atoms with E-state index in [1.165, 1.54) is 30.6 Å². The molecule has 98 valence electrons. The monoisotopic (exact) mass is 245 g/mol. The Balaban J connectivity index is 2.42. The van der Waals surface area contributed by atoms with Gasteiger partial charge in [-0.15, -0.1) is 0 Å². The van der Waals surface area contributed by atoms with Crippen LogP contribution < -0.4 is 5.73 Å². The molecule has 0 saturated heterocycles. The molecule has 1 aromatic heterocycles. The summed E-state index contributed by atoms with van der Waals surface area (Å²) in [5, 5.41) is 0. The van der Waals surface area contributed by atoms with Crippen molar-refractivity contribution in [1.29, 1.82) is 0 Å². The van der Waals surface area contributed by atoms with Crippen molar-refractivity contribution in [2.45, 2.75) is 52.5 Å². The van der Waals surface area contributed by atoms with E-state index in [2.05, 4.69) is 31.4 Å². The van der Waals surface area contributed by atoms with Gasteiger partial charge >= 0.3 is 0 Å². The Kier molecular flexibility index (Phi) is 3.90. The molecule has 2 rings (SSSR count). The van der Waals surface area contributed by atoms with Crippen molar-refractivity contribution in [3.8, 4) is 0 Å².